The maximum absolute atomic E-state index is 11.3. The summed E-state index contributed by atoms with van der Waals surface area (Å²) in [4.78, 5) is 21.3. The Hall–Kier alpha value is -2.69. The van der Waals surface area contributed by atoms with Gasteiger partial charge < -0.3 is 9.90 Å². The Kier molecular flexibility index (Phi) is 4.10. The van der Waals surface area contributed by atoms with Crippen LogP contribution >= 0.6 is 0 Å². The van der Waals surface area contributed by atoms with Crippen LogP contribution in [0, 0.1) is 10.1 Å². The van der Waals surface area contributed by atoms with Crippen molar-refractivity contribution in [2.45, 2.75) is 12.3 Å². The molecule has 102 valence electrons. The minimum absolute atomic E-state index is 0.0153. The van der Waals surface area contributed by atoms with Crippen LogP contribution < -0.4 is 5.11 Å². The van der Waals surface area contributed by atoms with E-state index in [1.807, 2.05) is 6.07 Å². The van der Waals surface area contributed by atoms with E-state index in [9.17, 15) is 20.0 Å². The number of rotatable bonds is 5. The highest BCUT2D eigenvalue weighted by Crippen LogP contribution is 2.22. The summed E-state index contributed by atoms with van der Waals surface area (Å²) in [5.74, 6) is -1.92. The zero-order valence-corrected chi connectivity index (χ0v) is 10.6. The van der Waals surface area contributed by atoms with E-state index in [0.717, 1.165) is 0 Å². The van der Waals surface area contributed by atoms with Gasteiger partial charge in [-0.25, -0.2) is 0 Å². The quantitative estimate of drug-likeness (QED) is 0.611. The third-order valence-corrected chi connectivity index (χ3v) is 3.07. The van der Waals surface area contributed by atoms with E-state index < -0.39 is 16.8 Å². The van der Waals surface area contributed by atoms with Gasteiger partial charge in [0.05, 0.1) is 4.92 Å². The number of carbonyl (C=O) groups is 1. The summed E-state index contributed by atoms with van der Waals surface area (Å²) in [6, 6.07) is 14.7. The number of nitrogens with zero attached hydrogens (tertiary/aromatic N) is 1. The van der Waals surface area contributed by atoms with Crippen LogP contribution in [-0.4, -0.2) is 10.9 Å². The summed E-state index contributed by atoms with van der Waals surface area (Å²) < 4.78 is 0. The summed E-state index contributed by atoms with van der Waals surface area (Å²) in [6.07, 6.45) is 0.240. The first-order chi connectivity index (χ1) is 9.58. The van der Waals surface area contributed by atoms with Crippen LogP contribution in [0.1, 0.15) is 17.0 Å². The topological polar surface area (TPSA) is 83.3 Å². The number of aliphatic carboxylic acids is 1. The van der Waals surface area contributed by atoms with Crippen LogP contribution in [0.15, 0.2) is 54.6 Å². The summed E-state index contributed by atoms with van der Waals surface area (Å²) in [5, 5.41) is 21.8. The second kappa shape index (κ2) is 5.97. The predicted octanol–water partition coefficient (Wildman–Crippen LogP) is 1.67. The fourth-order valence-electron chi connectivity index (χ4n) is 2.01. The highest BCUT2D eigenvalue weighted by Gasteiger charge is 2.14. The Morgan fingerprint density at radius 3 is 2.15 bits per heavy atom. The van der Waals surface area contributed by atoms with Gasteiger partial charge in [0.1, 0.15) is 0 Å². The molecular weight excluding hydrogens is 258 g/mol. The molecule has 0 radical (unpaired) electrons. The van der Waals surface area contributed by atoms with Crippen LogP contribution in [0.2, 0.25) is 0 Å². The molecule has 0 bridgehead atoms. The molecule has 2 rings (SSSR count). The number of carbonyl (C=O) groups excluding carboxylic acids is 1. The highest BCUT2D eigenvalue weighted by atomic mass is 16.6. The molecule has 0 fully saturated rings. The molecule has 5 heteroatoms. The summed E-state index contributed by atoms with van der Waals surface area (Å²) >= 11 is 0. The molecular formula is C15H12NO4-. The number of hydrogen-bond donors (Lipinski definition) is 0. The number of nitro groups is 1. The van der Waals surface area contributed by atoms with Crippen LogP contribution in [0.3, 0.4) is 0 Å². The Labute approximate surface area is 115 Å². The SMILES string of the molecule is O=C([O-])[C@@H](Cc1ccc([N+](=O)[O-])cc1)c1ccccc1. The van der Waals surface area contributed by atoms with Crippen molar-refractivity contribution in [1.29, 1.82) is 0 Å². The maximum Gasteiger partial charge on any atom is 0.269 e. The Morgan fingerprint density at radius 1 is 1.05 bits per heavy atom. The first kappa shape index (κ1) is 13.7. The van der Waals surface area contributed by atoms with Crippen molar-refractivity contribution in [2.75, 3.05) is 0 Å². The molecule has 0 heterocycles. The number of carboxylic acids is 1. The van der Waals surface area contributed by atoms with Gasteiger partial charge in [-0.2, -0.15) is 0 Å². The molecule has 0 aliphatic rings. The fraction of sp³-hybridized carbons (Fsp3) is 0.133. The first-order valence-electron chi connectivity index (χ1n) is 6.07. The molecule has 0 aliphatic carbocycles. The molecule has 0 N–H and O–H groups in total. The van der Waals surface area contributed by atoms with Gasteiger partial charge in [-0.05, 0) is 17.5 Å². The van der Waals surface area contributed by atoms with Crippen LogP contribution in [0.25, 0.3) is 0 Å². The van der Waals surface area contributed by atoms with Gasteiger partial charge in [-0.15, -0.1) is 0 Å². The molecule has 5 nitrogen and oxygen atoms in total. The van der Waals surface area contributed by atoms with E-state index >= 15 is 0 Å². The van der Waals surface area contributed by atoms with Crippen LogP contribution in [-0.2, 0) is 11.2 Å². The minimum Gasteiger partial charge on any atom is -0.549 e. The van der Waals surface area contributed by atoms with Crippen molar-refractivity contribution in [3.63, 3.8) is 0 Å². The molecule has 0 unspecified atom stereocenters. The summed E-state index contributed by atoms with van der Waals surface area (Å²) in [5.41, 5.74) is 1.36. The minimum atomic E-state index is -1.16. The van der Waals surface area contributed by atoms with Gasteiger partial charge in [0.2, 0.25) is 0 Å². The Morgan fingerprint density at radius 2 is 1.65 bits per heavy atom. The first-order valence-corrected chi connectivity index (χ1v) is 6.07. The Bertz CT molecular complexity index is 608. The second-order valence-electron chi connectivity index (χ2n) is 4.41. The third kappa shape index (κ3) is 3.20. The predicted molar refractivity (Wildman–Crippen MR) is 71.0 cm³/mol. The summed E-state index contributed by atoms with van der Waals surface area (Å²) in [6.45, 7) is 0. The number of nitro benzene ring substituents is 1. The van der Waals surface area contributed by atoms with Crippen LogP contribution in [0.5, 0.6) is 0 Å². The van der Waals surface area contributed by atoms with Gasteiger partial charge in [0.25, 0.3) is 5.69 Å². The normalized spacial score (nSPS) is 11.8. The molecule has 20 heavy (non-hydrogen) atoms. The smallest absolute Gasteiger partial charge is 0.269 e. The van der Waals surface area contributed by atoms with Gasteiger partial charge >= 0.3 is 0 Å². The number of non-ortho nitro benzene ring substituents is 1. The van der Waals surface area contributed by atoms with E-state index in [1.165, 1.54) is 12.1 Å². The lowest BCUT2D eigenvalue weighted by Gasteiger charge is -2.18. The highest BCUT2D eigenvalue weighted by molar-refractivity contribution is 5.74. The van der Waals surface area contributed by atoms with E-state index in [0.29, 0.717) is 11.1 Å². The molecule has 2 aromatic rings. The van der Waals surface area contributed by atoms with Crippen molar-refractivity contribution in [3.8, 4) is 0 Å². The number of hydrogen-bond acceptors (Lipinski definition) is 4. The average molecular weight is 270 g/mol. The van der Waals surface area contributed by atoms with Crippen LogP contribution in [0.4, 0.5) is 5.69 Å². The molecule has 1 atom stereocenters. The van der Waals surface area contributed by atoms with Gasteiger partial charge in [-0.3, -0.25) is 10.1 Å². The second-order valence-corrected chi connectivity index (χ2v) is 4.41. The lowest BCUT2D eigenvalue weighted by atomic mass is 9.92. The van der Waals surface area contributed by atoms with Gasteiger partial charge in [0, 0.05) is 24.0 Å². The summed E-state index contributed by atoms with van der Waals surface area (Å²) in [7, 11) is 0. The van der Waals surface area contributed by atoms with Crippen molar-refractivity contribution < 1.29 is 14.8 Å². The van der Waals surface area contributed by atoms with E-state index in [1.54, 1.807) is 36.4 Å². The lowest BCUT2D eigenvalue weighted by Crippen LogP contribution is -2.31. The molecule has 0 spiro atoms. The van der Waals surface area contributed by atoms with Gasteiger partial charge in [0.15, 0.2) is 0 Å². The van der Waals surface area contributed by atoms with Crippen molar-refractivity contribution in [2.24, 2.45) is 0 Å². The molecule has 0 saturated carbocycles. The lowest BCUT2D eigenvalue weighted by molar-refractivity contribution is -0.384. The van der Waals surface area contributed by atoms with Gasteiger partial charge in [-0.1, -0.05) is 42.5 Å². The van der Waals surface area contributed by atoms with E-state index in [-0.39, 0.29) is 12.1 Å². The molecule has 0 aromatic heterocycles. The monoisotopic (exact) mass is 270 g/mol. The van der Waals surface area contributed by atoms with Crippen molar-refractivity contribution in [3.05, 3.63) is 75.8 Å². The molecule has 0 aliphatic heterocycles. The number of carboxylic acid groups (broad SMARTS) is 1. The average Bonchev–Trinajstić information content (AvgIpc) is 2.46. The molecule has 2 aromatic carbocycles. The molecule has 0 saturated heterocycles. The molecule has 0 amide bonds. The third-order valence-electron chi connectivity index (χ3n) is 3.07. The Balaban J connectivity index is 2.21. The van der Waals surface area contributed by atoms with E-state index in [4.69, 9.17) is 0 Å². The largest absolute Gasteiger partial charge is 0.549 e. The zero-order chi connectivity index (χ0) is 14.5. The fourth-order valence-corrected chi connectivity index (χ4v) is 2.01. The van der Waals surface area contributed by atoms with E-state index in [2.05, 4.69) is 0 Å². The van der Waals surface area contributed by atoms with Crippen molar-refractivity contribution >= 4 is 11.7 Å². The maximum atomic E-state index is 11.3. The van der Waals surface area contributed by atoms with Crippen molar-refractivity contribution in [1.82, 2.24) is 0 Å². The zero-order valence-electron chi connectivity index (χ0n) is 10.6. The standard InChI is InChI=1S/C15H13NO4/c17-15(18)14(12-4-2-1-3-5-12)10-11-6-8-13(9-7-11)16(19)20/h1-9,14H,10H2,(H,17,18)/p-1/t14-/m0/s1. The number of benzene rings is 2.